The van der Waals surface area contributed by atoms with E-state index < -0.39 is 42.1 Å². The van der Waals surface area contributed by atoms with E-state index in [4.69, 9.17) is 33.2 Å². The Morgan fingerprint density at radius 2 is 1.84 bits per heavy atom. The number of likely N-dealkylation sites (N-methyl/N-ethyl adjacent to an activating group) is 1. The average molecular weight is 610 g/mol. The molecule has 0 bridgehead atoms. The lowest BCUT2D eigenvalue weighted by Gasteiger charge is -2.25. The summed E-state index contributed by atoms with van der Waals surface area (Å²) >= 11 is 0. The van der Waals surface area contributed by atoms with E-state index in [1.807, 2.05) is 59.0 Å². The van der Waals surface area contributed by atoms with E-state index in [9.17, 15) is 9.59 Å². The minimum Gasteiger partial charge on any atom is -0.492 e. The molecule has 2 aromatic rings. The molecule has 2 aromatic carbocycles. The van der Waals surface area contributed by atoms with Gasteiger partial charge in [0.15, 0.2) is 12.6 Å². The van der Waals surface area contributed by atoms with Crippen LogP contribution in [0.1, 0.15) is 60.4 Å². The summed E-state index contributed by atoms with van der Waals surface area (Å²) < 4.78 is 41.4. The van der Waals surface area contributed by atoms with Crippen molar-refractivity contribution in [2.75, 3.05) is 34.1 Å². The molecule has 10 nitrogen and oxygen atoms in total. The second-order valence-corrected chi connectivity index (χ2v) is 11.3. The number of hydrogen-bond donors (Lipinski definition) is 1. The van der Waals surface area contributed by atoms with Crippen molar-refractivity contribution in [3.8, 4) is 11.5 Å². The molecule has 238 valence electrons. The van der Waals surface area contributed by atoms with Crippen molar-refractivity contribution in [2.24, 2.45) is 5.92 Å². The standard InChI is InChI=1S/C34H43NO9/c1-22-15-16-27(42-32(36)24-11-8-7-9-12-24)31-28(43-34(3,4)44-31)14-10-13-25-19-26(39-18-17-35-5)20-29(40-21-38-6)30(25)33(37)41-23(22)2/h7-13,15-16,19-20,22-23,27-28,31,35H,14,17-18,21H2,1-6H3/t22-,23+,27?,28+,31?/m1/s1. The van der Waals surface area contributed by atoms with E-state index in [0.29, 0.717) is 36.4 Å². The maximum Gasteiger partial charge on any atom is 0.342 e. The molecular weight excluding hydrogens is 566 g/mol. The summed E-state index contributed by atoms with van der Waals surface area (Å²) in [4.78, 5) is 26.8. The first-order valence-corrected chi connectivity index (χ1v) is 14.9. The van der Waals surface area contributed by atoms with E-state index in [1.54, 1.807) is 42.5 Å². The topological polar surface area (TPSA) is 111 Å². The highest BCUT2D eigenvalue weighted by atomic mass is 16.8. The number of carbonyl (C=O) groups excluding carboxylic acids is 2. The first kappa shape index (κ1) is 33.2. The van der Waals surface area contributed by atoms with E-state index in [2.05, 4.69) is 5.32 Å². The number of nitrogens with one attached hydrogen (secondary N) is 1. The first-order chi connectivity index (χ1) is 21.1. The number of methoxy groups -OCH3 is 1. The smallest absolute Gasteiger partial charge is 0.342 e. The molecule has 10 heteroatoms. The summed E-state index contributed by atoms with van der Waals surface area (Å²) in [7, 11) is 3.35. The van der Waals surface area contributed by atoms with Crippen LogP contribution in [-0.4, -0.2) is 76.2 Å². The molecule has 0 aliphatic carbocycles. The SMILES string of the molecule is CNCCOc1cc2c(c(OCOC)c1)C(=O)O[C@@H](C)[C@H](C)C=CC(OC(=O)c1ccccc1)C1OC(C)(C)O[C@H]1CC=C2. The minimum absolute atomic E-state index is 0.0643. The molecular formula is C34H43NO9. The molecule has 1 N–H and O–H groups in total. The molecule has 2 aliphatic heterocycles. The van der Waals surface area contributed by atoms with Crippen molar-refractivity contribution in [3.05, 3.63) is 77.4 Å². The van der Waals surface area contributed by atoms with Crippen LogP contribution < -0.4 is 14.8 Å². The van der Waals surface area contributed by atoms with Gasteiger partial charge in [-0.15, -0.1) is 0 Å². The summed E-state index contributed by atoms with van der Waals surface area (Å²) in [6.45, 7) is 8.39. The van der Waals surface area contributed by atoms with Crippen LogP contribution >= 0.6 is 0 Å². The zero-order valence-electron chi connectivity index (χ0n) is 26.2. The fourth-order valence-corrected chi connectivity index (χ4v) is 4.96. The van der Waals surface area contributed by atoms with Crippen LogP contribution in [0.5, 0.6) is 11.5 Å². The number of rotatable bonds is 9. The minimum atomic E-state index is -0.909. The third-order valence-electron chi connectivity index (χ3n) is 7.36. The molecule has 0 radical (unpaired) electrons. The normalized spacial score (nSPS) is 24.9. The van der Waals surface area contributed by atoms with Gasteiger partial charge in [0.2, 0.25) is 0 Å². The Bertz CT molecular complexity index is 1320. The number of hydrogen-bond acceptors (Lipinski definition) is 10. The van der Waals surface area contributed by atoms with Gasteiger partial charge in [0.1, 0.15) is 42.0 Å². The zero-order valence-corrected chi connectivity index (χ0v) is 26.2. The van der Waals surface area contributed by atoms with Gasteiger partial charge in [-0.1, -0.05) is 43.4 Å². The Hall–Kier alpha value is -3.70. The maximum atomic E-state index is 13.7. The molecule has 0 aromatic heterocycles. The molecule has 1 saturated heterocycles. The van der Waals surface area contributed by atoms with E-state index in [1.165, 1.54) is 7.11 Å². The van der Waals surface area contributed by atoms with Crippen molar-refractivity contribution in [1.29, 1.82) is 0 Å². The molecule has 1 fully saturated rings. The predicted molar refractivity (Wildman–Crippen MR) is 165 cm³/mol. The highest BCUT2D eigenvalue weighted by molar-refractivity contribution is 5.97. The van der Waals surface area contributed by atoms with Crippen molar-refractivity contribution in [2.45, 2.75) is 64.3 Å². The summed E-state index contributed by atoms with van der Waals surface area (Å²) in [5, 5.41) is 3.05. The summed E-state index contributed by atoms with van der Waals surface area (Å²) in [6, 6.07) is 12.2. The third-order valence-corrected chi connectivity index (χ3v) is 7.36. The second kappa shape index (κ2) is 15.3. The van der Waals surface area contributed by atoms with Crippen molar-refractivity contribution >= 4 is 18.0 Å². The predicted octanol–water partition coefficient (Wildman–Crippen LogP) is 5.17. The van der Waals surface area contributed by atoms with Gasteiger partial charge in [-0.3, -0.25) is 0 Å². The van der Waals surface area contributed by atoms with Crippen molar-refractivity contribution < 1.29 is 42.7 Å². The molecule has 2 aliphatic rings. The van der Waals surface area contributed by atoms with Crippen LogP contribution in [0.3, 0.4) is 0 Å². The van der Waals surface area contributed by atoms with Crippen molar-refractivity contribution in [3.63, 3.8) is 0 Å². The lowest BCUT2D eigenvalue weighted by Crippen LogP contribution is -2.37. The fourth-order valence-electron chi connectivity index (χ4n) is 4.96. The molecule has 5 atom stereocenters. The fraction of sp³-hybridized carbons (Fsp3) is 0.471. The van der Waals surface area contributed by atoms with E-state index >= 15 is 0 Å². The molecule has 0 saturated carbocycles. The maximum absolute atomic E-state index is 13.7. The molecule has 2 unspecified atom stereocenters. The number of benzene rings is 2. The Morgan fingerprint density at radius 3 is 2.57 bits per heavy atom. The number of ether oxygens (including phenoxy) is 7. The summed E-state index contributed by atoms with van der Waals surface area (Å²) in [5.41, 5.74) is 1.24. The summed E-state index contributed by atoms with van der Waals surface area (Å²) in [6.07, 6.45) is 5.44. The van der Waals surface area contributed by atoms with E-state index in [0.717, 1.165) is 0 Å². The lowest BCUT2D eigenvalue weighted by molar-refractivity contribution is -0.152. The molecule has 44 heavy (non-hydrogen) atoms. The van der Waals surface area contributed by atoms with Gasteiger partial charge >= 0.3 is 11.9 Å². The molecule has 4 rings (SSSR count). The third kappa shape index (κ3) is 8.69. The van der Waals surface area contributed by atoms with Crippen LogP contribution in [0.25, 0.3) is 6.08 Å². The van der Waals surface area contributed by atoms with Gasteiger partial charge in [0.25, 0.3) is 0 Å². The monoisotopic (exact) mass is 609 g/mol. The number of esters is 2. The lowest BCUT2D eigenvalue weighted by atomic mass is 9.98. The Labute approximate surface area is 259 Å². The second-order valence-electron chi connectivity index (χ2n) is 11.3. The average Bonchev–Trinajstić information content (AvgIpc) is 3.31. The number of cyclic esters (lactones) is 1. The van der Waals surface area contributed by atoms with E-state index in [-0.39, 0.29) is 24.0 Å². The Kier molecular flexibility index (Phi) is 11.6. The zero-order chi connectivity index (χ0) is 31.7. The van der Waals surface area contributed by atoms with Crippen LogP contribution in [0.15, 0.2) is 60.7 Å². The number of fused-ring (bicyclic) bond motifs is 2. The Morgan fingerprint density at radius 1 is 1.07 bits per heavy atom. The van der Waals surface area contributed by atoms with Gasteiger partial charge in [-0.2, -0.15) is 0 Å². The molecule has 0 spiro atoms. The van der Waals surface area contributed by atoms with Gasteiger partial charge in [0.05, 0.1) is 11.7 Å². The highest BCUT2D eigenvalue weighted by Gasteiger charge is 2.45. The van der Waals surface area contributed by atoms with Gasteiger partial charge in [0, 0.05) is 25.6 Å². The van der Waals surface area contributed by atoms with Gasteiger partial charge in [-0.25, -0.2) is 9.59 Å². The largest absolute Gasteiger partial charge is 0.492 e. The first-order valence-electron chi connectivity index (χ1n) is 14.9. The molecule has 0 amide bonds. The van der Waals surface area contributed by atoms with Crippen LogP contribution in [0, 0.1) is 5.92 Å². The van der Waals surface area contributed by atoms with Crippen molar-refractivity contribution in [1.82, 2.24) is 5.32 Å². The van der Waals surface area contributed by atoms with Crippen LogP contribution in [0.2, 0.25) is 0 Å². The summed E-state index contributed by atoms with van der Waals surface area (Å²) in [5.74, 6) is -1.35. The number of carbonyl (C=O) groups is 2. The Balaban J connectivity index is 1.73. The van der Waals surface area contributed by atoms with Crippen LogP contribution in [-0.2, 0) is 23.7 Å². The quantitative estimate of drug-likeness (QED) is 0.177. The highest BCUT2D eigenvalue weighted by Crippen LogP contribution is 2.36. The molecule has 2 heterocycles. The van der Waals surface area contributed by atoms with Crippen LogP contribution in [0.4, 0.5) is 0 Å². The van der Waals surface area contributed by atoms with Gasteiger partial charge in [-0.05, 0) is 64.1 Å². The van der Waals surface area contributed by atoms with Gasteiger partial charge < -0.3 is 38.5 Å².